The molecule has 1 aromatic heterocycles. The van der Waals surface area contributed by atoms with Crippen molar-refractivity contribution in [1.82, 2.24) is 9.88 Å². The number of hydrogen-bond donors (Lipinski definition) is 1. The largest absolute Gasteiger partial charge is 0.440 e. The molecule has 2 aromatic rings. The lowest BCUT2D eigenvalue weighted by atomic mass is 9.67. The molecule has 1 aromatic carbocycles. The van der Waals surface area contributed by atoms with Crippen LogP contribution >= 0.6 is 11.6 Å². The number of aromatic nitrogens is 1. The van der Waals surface area contributed by atoms with E-state index >= 15 is 0 Å². The SMILES string of the molecule is C[C@]12c3[nH]c4ccc(Cl)cc4c3CCN1C(=O)OC21CCCCC1. The molecule has 1 spiro atoms. The molecule has 0 radical (unpaired) electrons. The van der Waals surface area contributed by atoms with Crippen LogP contribution in [0.5, 0.6) is 0 Å². The second kappa shape index (κ2) is 4.69. The van der Waals surface area contributed by atoms with Crippen LogP contribution < -0.4 is 0 Å². The standard InChI is InChI=1S/C19H21ClN2O2/c1-18-16-13(14-11-12(20)5-6-15(14)21-16)7-10-22(18)17(23)24-19(18)8-3-2-4-9-19/h5-6,11,21H,2-4,7-10H2,1H3/t18-/m1/s1. The Morgan fingerprint density at radius 3 is 2.83 bits per heavy atom. The molecule has 3 heterocycles. The fourth-order valence-electron chi connectivity index (χ4n) is 5.26. The van der Waals surface area contributed by atoms with E-state index in [9.17, 15) is 4.79 Å². The third-order valence-electron chi connectivity index (χ3n) is 6.53. The molecule has 1 atom stereocenters. The number of halogens is 1. The molecule has 1 saturated carbocycles. The van der Waals surface area contributed by atoms with E-state index in [-0.39, 0.29) is 6.09 Å². The Balaban J connectivity index is 1.77. The monoisotopic (exact) mass is 344 g/mol. The van der Waals surface area contributed by atoms with Gasteiger partial charge in [-0.05, 0) is 62.8 Å². The van der Waals surface area contributed by atoms with Crippen molar-refractivity contribution in [3.05, 3.63) is 34.5 Å². The van der Waals surface area contributed by atoms with Gasteiger partial charge in [0.2, 0.25) is 0 Å². The number of hydrogen-bond acceptors (Lipinski definition) is 2. The Labute approximate surface area is 146 Å². The van der Waals surface area contributed by atoms with Gasteiger partial charge in [0, 0.05) is 28.2 Å². The number of aromatic amines is 1. The zero-order valence-corrected chi connectivity index (χ0v) is 14.6. The number of amides is 1. The van der Waals surface area contributed by atoms with Crippen LogP contribution in [0.25, 0.3) is 10.9 Å². The lowest BCUT2D eigenvalue weighted by Gasteiger charge is -2.47. The summed E-state index contributed by atoms with van der Waals surface area (Å²) in [7, 11) is 0. The fourth-order valence-corrected chi connectivity index (χ4v) is 5.43. The average Bonchev–Trinajstić information content (AvgIpc) is 3.03. The molecule has 1 saturated heterocycles. The summed E-state index contributed by atoms with van der Waals surface area (Å²) >= 11 is 6.23. The van der Waals surface area contributed by atoms with E-state index < -0.39 is 11.1 Å². The molecule has 126 valence electrons. The van der Waals surface area contributed by atoms with E-state index in [0.717, 1.165) is 48.3 Å². The molecule has 2 fully saturated rings. The summed E-state index contributed by atoms with van der Waals surface area (Å²) in [5.41, 5.74) is 2.73. The Hall–Kier alpha value is -1.68. The van der Waals surface area contributed by atoms with Crippen LogP contribution in [-0.4, -0.2) is 28.1 Å². The molecule has 5 rings (SSSR count). The predicted octanol–water partition coefficient (Wildman–Crippen LogP) is 4.75. The van der Waals surface area contributed by atoms with Gasteiger partial charge in [-0.3, -0.25) is 4.90 Å². The highest BCUT2D eigenvalue weighted by atomic mass is 35.5. The maximum absolute atomic E-state index is 12.6. The second-order valence-electron chi connectivity index (χ2n) is 7.57. The molecule has 1 aliphatic carbocycles. The molecular weight excluding hydrogens is 324 g/mol. The summed E-state index contributed by atoms with van der Waals surface area (Å²) in [5.74, 6) is 0. The zero-order chi connectivity index (χ0) is 16.5. The summed E-state index contributed by atoms with van der Waals surface area (Å²) in [6, 6.07) is 5.99. The van der Waals surface area contributed by atoms with Gasteiger partial charge in [-0.1, -0.05) is 18.0 Å². The Bertz CT molecular complexity index is 852. The minimum absolute atomic E-state index is 0.151. The first kappa shape index (κ1) is 14.6. The van der Waals surface area contributed by atoms with Gasteiger partial charge in [0.15, 0.2) is 0 Å². The number of nitrogens with one attached hydrogen (secondary N) is 1. The van der Waals surface area contributed by atoms with E-state index in [0.29, 0.717) is 6.54 Å². The highest BCUT2D eigenvalue weighted by Crippen LogP contribution is 2.56. The van der Waals surface area contributed by atoms with Crippen molar-refractivity contribution in [2.75, 3.05) is 6.54 Å². The number of carbonyl (C=O) groups is 1. The molecule has 3 aliphatic rings. The quantitative estimate of drug-likeness (QED) is 0.749. The van der Waals surface area contributed by atoms with E-state index in [2.05, 4.69) is 11.9 Å². The number of rotatable bonds is 0. The molecule has 5 heteroatoms. The Morgan fingerprint density at radius 1 is 1.25 bits per heavy atom. The summed E-state index contributed by atoms with van der Waals surface area (Å²) in [6.45, 7) is 2.90. The summed E-state index contributed by atoms with van der Waals surface area (Å²) in [5, 5.41) is 1.94. The second-order valence-corrected chi connectivity index (χ2v) is 8.00. The van der Waals surface area contributed by atoms with E-state index in [1.54, 1.807) is 0 Å². The smallest absolute Gasteiger partial charge is 0.411 e. The highest BCUT2D eigenvalue weighted by molar-refractivity contribution is 6.31. The molecule has 0 unspecified atom stereocenters. The van der Waals surface area contributed by atoms with Crippen LogP contribution in [0.1, 0.15) is 50.3 Å². The summed E-state index contributed by atoms with van der Waals surface area (Å²) < 4.78 is 6.06. The van der Waals surface area contributed by atoms with Crippen molar-refractivity contribution in [2.24, 2.45) is 0 Å². The third-order valence-corrected chi connectivity index (χ3v) is 6.77. The normalized spacial score (nSPS) is 28.1. The molecule has 1 amide bonds. The molecule has 4 nitrogen and oxygen atoms in total. The third kappa shape index (κ3) is 1.62. The van der Waals surface area contributed by atoms with Crippen molar-refractivity contribution in [3.63, 3.8) is 0 Å². The van der Waals surface area contributed by atoms with E-state index in [1.165, 1.54) is 17.4 Å². The van der Waals surface area contributed by atoms with Crippen molar-refractivity contribution in [2.45, 2.75) is 56.6 Å². The number of nitrogens with zero attached hydrogens (tertiary/aromatic N) is 1. The van der Waals surface area contributed by atoms with Crippen molar-refractivity contribution in [1.29, 1.82) is 0 Å². The van der Waals surface area contributed by atoms with E-state index in [1.807, 2.05) is 23.1 Å². The Morgan fingerprint density at radius 2 is 2.04 bits per heavy atom. The molecular formula is C19H21ClN2O2. The lowest BCUT2D eigenvalue weighted by molar-refractivity contribution is -0.0451. The van der Waals surface area contributed by atoms with Gasteiger partial charge in [0.05, 0.1) is 0 Å². The van der Waals surface area contributed by atoms with Gasteiger partial charge < -0.3 is 9.72 Å². The van der Waals surface area contributed by atoms with Crippen LogP contribution in [0.3, 0.4) is 0 Å². The van der Waals surface area contributed by atoms with Crippen LogP contribution in [0.15, 0.2) is 18.2 Å². The van der Waals surface area contributed by atoms with Crippen molar-refractivity contribution < 1.29 is 9.53 Å². The number of carbonyl (C=O) groups excluding carboxylic acids is 1. The molecule has 1 N–H and O–H groups in total. The van der Waals surface area contributed by atoms with Crippen molar-refractivity contribution >= 4 is 28.6 Å². The van der Waals surface area contributed by atoms with Crippen LogP contribution in [0.4, 0.5) is 4.79 Å². The van der Waals surface area contributed by atoms with Gasteiger partial charge in [0.1, 0.15) is 11.1 Å². The predicted molar refractivity (Wildman–Crippen MR) is 93.4 cm³/mol. The van der Waals surface area contributed by atoms with Gasteiger partial charge in [-0.25, -0.2) is 4.79 Å². The minimum atomic E-state index is -0.413. The zero-order valence-electron chi connectivity index (χ0n) is 13.8. The van der Waals surface area contributed by atoms with Crippen LogP contribution in [0, 0.1) is 0 Å². The number of ether oxygens (including phenoxy) is 1. The summed E-state index contributed by atoms with van der Waals surface area (Å²) in [6.07, 6.45) is 6.06. The summed E-state index contributed by atoms with van der Waals surface area (Å²) in [4.78, 5) is 18.2. The fraction of sp³-hybridized carbons (Fsp3) is 0.526. The molecule has 2 aliphatic heterocycles. The number of benzene rings is 1. The number of H-pyrrole nitrogens is 1. The maximum Gasteiger partial charge on any atom is 0.411 e. The van der Waals surface area contributed by atoms with Gasteiger partial charge in [-0.15, -0.1) is 0 Å². The topological polar surface area (TPSA) is 45.3 Å². The molecule has 0 bridgehead atoms. The number of fused-ring (bicyclic) bond motifs is 6. The van der Waals surface area contributed by atoms with Crippen molar-refractivity contribution in [3.8, 4) is 0 Å². The van der Waals surface area contributed by atoms with Gasteiger partial charge in [0.25, 0.3) is 0 Å². The minimum Gasteiger partial charge on any atom is -0.440 e. The maximum atomic E-state index is 12.6. The lowest BCUT2D eigenvalue weighted by Crippen LogP contribution is -2.57. The first-order valence-corrected chi connectivity index (χ1v) is 9.24. The van der Waals surface area contributed by atoms with Gasteiger partial charge >= 0.3 is 6.09 Å². The first-order chi connectivity index (χ1) is 11.6. The molecule has 24 heavy (non-hydrogen) atoms. The first-order valence-electron chi connectivity index (χ1n) is 8.86. The van der Waals surface area contributed by atoms with E-state index in [4.69, 9.17) is 16.3 Å². The van der Waals surface area contributed by atoms with Crippen LogP contribution in [0.2, 0.25) is 5.02 Å². The Kier molecular flexibility index (Phi) is 2.86. The van der Waals surface area contributed by atoms with Gasteiger partial charge in [-0.2, -0.15) is 0 Å². The van der Waals surface area contributed by atoms with Crippen LogP contribution in [-0.2, 0) is 16.7 Å². The average molecular weight is 345 g/mol. The highest BCUT2D eigenvalue weighted by Gasteiger charge is 2.65.